The highest BCUT2D eigenvalue weighted by molar-refractivity contribution is 9.10. The van der Waals surface area contributed by atoms with Gasteiger partial charge in [0.05, 0.1) is 10.0 Å². The molecule has 2 N–H and O–H groups in total. The Kier molecular flexibility index (Phi) is 4.66. The van der Waals surface area contributed by atoms with E-state index in [0.717, 1.165) is 12.8 Å². The highest BCUT2D eigenvalue weighted by Gasteiger charge is 2.42. The molecule has 1 aromatic carbocycles. The highest BCUT2D eigenvalue weighted by Crippen LogP contribution is 2.32. The quantitative estimate of drug-likeness (QED) is 0.871. The van der Waals surface area contributed by atoms with E-state index in [9.17, 15) is 19.1 Å². The van der Waals surface area contributed by atoms with Crippen molar-refractivity contribution < 1.29 is 19.1 Å². The van der Waals surface area contributed by atoms with Crippen LogP contribution in [0.4, 0.5) is 4.39 Å². The molecule has 0 aromatic heterocycles. The summed E-state index contributed by atoms with van der Waals surface area (Å²) in [7, 11) is 0. The van der Waals surface area contributed by atoms with E-state index >= 15 is 0 Å². The Balaban J connectivity index is 2.23. The molecule has 114 valence electrons. The lowest BCUT2D eigenvalue weighted by atomic mass is 9.77. The third-order valence-corrected chi connectivity index (χ3v) is 4.70. The lowest BCUT2D eigenvalue weighted by Gasteiger charge is -2.36. The molecule has 1 saturated carbocycles. The molecule has 1 aliphatic carbocycles. The number of hydrogen-bond donors (Lipinski definition) is 2. The molecule has 6 heteroatoms. The lowest BCUT2D eigenvalue weighted by molar-refractivity contribution is -0.146. The van der Waals surface area contributed by atoms with Gasteiger partial charge in [-0.05, 0) is 59.7 Å². The van der Waals surface area contributed by atoms with Crippen LogP contribution in [0.3, 0.4) is 0 Å². The number of nitrogens with one attached hydrogen (secondary N) is 1. The summed E-state index contributed by atoms with van der Waals surface area (Å²) < 4.78 is 14.1. The second kappa shape index (κ2) is 6.13. The van der Waals surface area contributed by atoms with Crippen LogP contribution in [0.5, 0.6) is 0 Å². The summed E-state index contributed by atoms with van der Waals surface area (Å²) in [5, 5.41) is 12.0. The van der Waals surface area contributed by atoms with Crippen LogP contribution in [0.1, 0.15) is 43.0 Å². The zero-order chi connectivity index (χ0) is 15.6. The van der Waals surface area contributed by atoms with E-state index in [-0.39, 0.29) is 10.0 Å². The zero-order valence-corrected chi connectivity index (χ0v) is 13.2. The van der Waals surface area contributed by atoms with Crippen molar-refractivity contribution in [2.45, 2.75) is 38.1 Å². The molecule has 4 nitrogen and oxygen atoms in total. The molecular weight excluding hydrogens is 341 g/mol. The molecule has 1 fully saturated rings. The first-order chi connectivity index (χ1) is 9.85. The maximum Gasteiger partial charge on any atom is 0.329 e. The molecule has 1 amide bonds. The van der Waals surface area contributed by atoms with Crippen molar-refractivity contribution in [3.63, 3.8) is 0 Å². The summed E-state index contributed by atoms with van der Waals surface area (Å²) in [4.78, 5) is 23.8. The van der Waals surface area contributed by atoms with E-state index in [1.807, 2.05) is 0 Å². The van der Waals surface area contributed by atoms with Gasteiger partial charge in [-0.3, -0.25) is 4.79 Å². The average molecular weight is 358 g/mol. The van der Waals surface area contributed by atoms with Crippen molar-refractivity contribution in [1.82, 2.24) is 5.32 Å². The molecule has 0 unspecified atom stereocenters. The monoisotopic (exact) mass is 357 g/mol. The van der Waals surface area contributed by atoms with Gasteiger partial charge < -0.3 is 10.4 Å². The van der Waals surface area contributed by atoms with Crippen molar-refractivity contribution in [2.24, 2.45) is 5.92 Å². The molecule has 1 aromatic rings. The van der Waals surface area contributed by atoms with E-state index in [1.165, 1.54) is 12.1 Å². The normalized spacial score (nSPS) is 25.4. The Bertz CT molecular complexity index is 568. The van der Waals surface area contributed by atoms with Crippen LogP contribution < -0.4 is 5.32 Å². The van der Waals surface area contributed by atoms with Crippen molar-refractivity contribution in [3.05, 3.63) is 34.1 Å². The third kappa shape index (κ3) is 3.26. The highest BCUT2D eigenvalue weighted by atomic mass is 79.9. The second-order valence-corrected chi connectivity index (χ2v) is 6.48. The van der Waals surface area contributed by atoms with Crippen molar-refractivity contribution in [3.8, 4) is 0 Å². The Morgan fingerprint density at radius 1 is 1.38 bits per heavy atom. The van der Waals surface area contributed by atoms with Crippen LogP contribution in [-0.4, -0.2) is 22.5 Å². The van der Waals surface area contributed by atoms with Gasteiger partial charge >= 0.3 is 5.97 Å². The first kappa shape index (κ1) is 15.9. The Morgan fingerprint density at radius 3 is 2.57 bits per heavy atom. The Hall–Kier alpha value is -1.43. The summed E-state index contributed by atoms with van der Waals surface area (Å²) in [5.41, 5.74) is -1.44. The van der Waals surface area contributed by atoms with Gasteiger partial charge in [0.2, 0.25) is 0 Å². The fraction of sp³-hybridized carbons (Fsp3) is 0.467. The topological polar surface area (TPSA) is 66.4 Å². The maximum absolute atomic E-state index is 13.9. The predicted molar refractivity (Wildman–Crippen MR) is 79.6 cm³/mol. The molecule has 0 bridgehead atoms. The molecular formula is C15H17BrFNO3. The molecule has 0 saturated heterocycles. The van der Waals surface area contributed by atoms with Crippen LogP contribution >= 0.6 is 15.9 Å². The molecule has 0 radical (unpaired) electrons. The number of carboxylic acids is 1. The zero-order valence-electron chi connectivity index (χ0n) is 11.7. The van der Waals surface area contributed by atoms with Gasteiger partial charge in [-0.15, -0.1) is 0 Å². The molecule has 2 rings (SSSR count). The first-order valence-electron chi connectivity index (χ1n) is 6.85. The first-order valence-corrected chi connectivity index (χ1v) is 7.65. The smallest absolute Gasteiger partial charge is 0.329 e. The SMILES string of the molecule is CC1CCC(NC(=O)c2cccc(Br)c2F)(C(=O)O)CC1. The number of rotatable bonds is 3. The molecule has 1 aliphatic rings. The molecule has 0 aliphatic heterocycles. The fourth-order valence-electron chi connectivity index (χ4n) is 2.61. The summed E-state index contributed by atoms with van der Waals surface area (Å²) in [5.74, 6) is -1.99. The van der Waals surface area contributed by atoms with Crippen LogP contribution in [-0.2, 0) is 4.79 Å². The van der Waals surface area contributed by atoms with E-state index in [1.54, 1.807) is 6.07 Å². The van der Waals surface area contributed by atoms with Crippen molar-refractivity contribution >= 4 is 27.8 Å². The van der Waals surface area contributed by atoms with Gasteiger partial charge in [-0.1, -0.05) is 13.0 Å². The molecule has 0 heterocycles. The molecule has 0 spiro atoms. The summed E-state index contributed by atoms with van der Waals surface area (Å²) >= 11 is 3.02. The summed E-state index contributed by atoms with van der Waals surface area (Å²) in [6.45, 7) is 2.06. The number of carboxylic acid groups (broad SMARTS) is 1. The fourth-order valence-corrected chi connectivity index (χ4v) is 2.98. The van der Waals surface area contributed by atoms with Crippen molar-refractivity contribution in [2.75, 3.05) is 0 Å². The van der Waals surface area contributed by atoms with E-state index < -0.39 is 23.2 Å². The van der Waals surface area contributed by atoms with Crippen molar-refractivity contribution in [1.29, 1.82) is 0 Å². The minimum atomic E-state index is -1.29. The largest absolute Gasteiger partial charge is 0.480 e. The number of carbonyl (C=O) groups excluding carboxylic acids is 1. The average Bonchev–Trinajstić information content (AvgIpc) is 2.44. The number of benzene rings is 1. The number of halogens is 2. The number of carbonyl (C=O) groups is 2. The number of aliphatic carboxylic acids is 1. The van der Waals surface area contributed by atoms with Crippen LogP contribution in [0.25, 0.3) is 0 Å². The van der Waals surface area contributed by atoms with Crippen LogP contribution in [0.2, 0.25) is 0 Å². The summed E-state index contributed by atoms with van der Waals surface area (Å²) in [6, 6.07) is 4.37. The minimum Gasteiger partial charge on any atom is -0.480 e. The lowest BCUT2D eigenvalue weighted by Crippen LogP contribution is -2.56. The van der Waals surface area contributed by atoms with E-state index in [4.69, 9.17) is 0 Å². The van der Waals surface area contributed by atoms with E-state index in [0.29, 0.717) is 18.8 Å². The molecule has 0 atom stereocenters. The van der Waals surface area contributed by atoms with Crippen LogP contribution in [0, 0.1) is 11.7 Å². The van der Waals surface area contributed by atoms with Gasteiger partial charge in [-0.2, -0.15) is 0 Å². The second-order valence-electron chi connectivity index (χ2n) is 5.63. The predicted octanol–water partition coefficient (Wildman–Crippen LogP) is 3.35. The van der Waals surface area contributed by atoms with Gasteiger partial charge in [0, 0.05) is 0 Å². The van der Waals surface area contributed by atoms with E-state index in [2.05, 4.69) is 28.2 Å². The Labute approximate surface area is 130 Å². The number of hydrogen-bond acceptors (Lipinski definition) is 2. The maximum atomic E-state index is 13.9. The molecule has 21 heavy (non-hydrogen) atoms. The summed E-state index contributed by atoms with van der Waals surface area (Å²) in [6.07, 6.45) is 2.19. The minimum absolute atomic E-state index is 0.149. The Morgan fingerprint density at radius 2 is 2.00 bits per heavy atom. The third-order valence-electron chi connectivity index (χ3n) is 4.09. The van der Waals surface area contributed by atoms with Gasteiger partial charge in [0.1, 0.15) is 11.4 Å². The number of amides is 1. The van der Waals surface area contributed by atoms with Gasteiger partial charge in [-0.25, -0.2) is 9.18 Å². The standard InChI is InChI=1S/C15H17BrFNO3/c1-9-5-7-15(8-6-9,14(20)21)18-13(19)10-3-2-4-11(16)12(10)17/h2-4,9H,5-8H2,1H3,(H,18,19)(H,20,21). The van der Waals surface area contributed by atoms with Gasteiger partial charge in [0.15, 0.2) is 0 Å². The van der Waals surface area contributed by atoms with Gasteiger partial charge in [0.25, 0.3) is 5.91 Å². The van der Waals surface area contributed by atoms with Crippen LogP contribution in [0.15, 0.2) is 22.7 Å².